The number of carbonyl (C=O) groups is 4. The van der Waals surface area contributed by atoms with Crippen molar-refractivity contribution in [2.24, 2.45) is 11.3 Å². The van der Waals surface area contributed by atoms with Crippen LogP contribution < -0.4 is 5.32 Å². The molecule has 0 heterocycles. The Morgan fingerprint density at radius 2 is 1.48 bits per heavy atom. The van der Waals surface area contributed by atoms with E-state index in [0.717, 1.165) is 5.56 Å². The van der Waals surface area contributed by atoms with Crippen LogP contribution in [0.2, 0.25) is 0 Å². The van der Waals surface area contributed by atoms with Gasteiger partial charge >= 0.3 is 12.1 Å². The molecule has 0 fully saturated rings. The number of likely N-dealkylation sites (N-methyl/N-ethyl adjacent to an activating group) is 2. The number of hydrogen-bond acceptors (Lipinski definition) is 5. The summed E-state index contributed by atoms with van der Waals surface area (Å²) in [5.74, 6) is -2.15. The topological polar surface area (TPSA) is 116 Å². The lowest BCUT2D eigenvalue weighted by Gasteiger charge is -2.42. The summed E-state index contributed by atoms with van der Waals surface area (Å²) in [6.07, 6.45) is 2.47. The van der Waals surface area contributed by atoms with E-state index in [1.54, 1.807) is 53.8 Å². The zero-order chi connectivity index (χ0) is 32.8. The van der Waals surface area contributed by atoms with Crippen molar-refractivity contribution in [3.05, 3.63) is 60.2 Å². The van der Waals surface area contributed by atoms with E-state index in [1.165, 1.54) is 23.8 Å². The maximum atomic E-state index is 14.3. The summed E-state index contributed by atoms with van der Waals surface area (Å²) in [4.78, 5) is 55.9. The quantitative estimate of drug-likeness (QED) is 0.250. The van der Waals surface area contributed by atoms with Crippen molar-refractivity contribution in [2.45, 2.75) is 98.4 Å². The van der Waals surface area contributed by atoms with Crippen molar-refractivity contribution >= 4 is 23.9 Å². The van der Waals surface area contributed by atoms with Gasteiger partial charge in [0, 0.05) is 30.5 Å². The lowest BCUT2D eigenvalue weighted by molar-refractivity contribution is -0.141. The Kier molecular flexibility index (Phi) is 12.2. The Morgan fingerprint density at radius 3 is 1.90 bits per heavy atom. The molecule has 0 bridgehead atoms. The number of ether oxygens (including phenoxy) is 1. The molecule has 1 unspecified atom stereocenters. The molecule has 3 atom stereocenters. The molecular weight excluding hydrogens is 534 g/mol. The number of benzene rings is 1. The van der Waals surface area contributed by atoms with Gasteiger partial charge in [0.15, 0.2) is 0 Å². The molecule has 42 heavy (non-hydrogen) atoms. The van der Waals surface area contributed by atoms with Crippen LogP contribution in [-0.2, 0) is 24.5 Å². The standard InChI is InChI=1S/C33H51N3O6/c1-14-32(8,9)25(28(38)35(12)24(21(2)3)20-22(4)29(39)40)34-27(37)26(36(13)30(41)42-31(5,6)7)33(10,11)23-18-16-15-17-19-23/h14-21,24-26H,1H2,2-13H3,(H,34,37)(H,39,40)/b22-20+/t24-,25-,26?/m1/s1. The molecule has 0 radical (unpaired) electrons. The Labute approximate surface area is 252 Å². The molecule has 9 heteroatoms. The van der Waals surface area contributed by atoms with Gasteiger partial charge in [-0.1, -0.05) is 84.0 Å². The molecule has 0 spiro atoms. The lowest BCUT2D eigenvalue weighted by atomic mass is 9.76. The van der Waals surface area contributed by atoms with Crippen molar-refractivity contribution < 1.29 is 29.0 Å². The molecule has 9 nitrogen and oxygen atoms in total. The highest BCUT2D eigenvalue weighted by Gasteiger charge is 2.46. The number of hydrogen-bond donors (Lipinski definition) is 2. The zero-order valence-corrected chi connectivity index (χ0v) is 27.4. The van der Waals surface area contributed by atoms with E-state index in [2.05, 4.69) is 11.9 Å². The van der Waals surface area contributed by atoms with Gasteiger partial charge in [0.05, 0.1) is 6.04 Å². The first-order chi connectivity index (χ1) is 19.1. The molecule has 1 aromatic rings. The average Bonchev–Trinajstić information content (AvgIpc) is 2.88. The molecule has 2 N–H and O–H groups in total. The molecule has 0 aliphatic heterocycles. The monoisotopic (exact) mass is 585 g/mol. The summed E-state index contributed by atoms with van der Waals surface area (Å²) in [5.41, 5.74) is -1.65. The summed E-state index contributed by atoms with van der Waals surface area (Å²) < 4.78 is 5.62. The lowest BCUT2D eigenvalue weighted by Crippen LogP contribution is -2.63. The number of carbonyl (C=O) groups excluding carboxylic acids is 3. The summed E-state index contributed by atoms with van der Waals surface area (Å²) >= 11 is 0. The molecule has 0 aliphatic rings. The predicted octanol–water partition coefficient (Wildman–Crippen LogP) is 5.41. The highest BCUT2D eigenvalue weighted by Crippen LogP contribution is 2.32. The Hall–Kier alpha value is -3.62. The maximum Gasteiger partial charge on any atom is 0.410 e. The van der Waals surface area contributed by atoms with Gasteiger partial charge in [0.25, 0.3) is 0 Å². The maximum absolute atomic E-state index is 14.3. The predicted molar refractivity (Wildman–Crippen MR) is 166 cm³/mol. The zero-order valence-electron chi connectivity index (χ0n) is 27.4. The molecular formula is C33H51N3O6. The number of amides is 3. The number of aliphatic carboxylic acids is 1. The van der Waals surface area contributed by atoms with Gasteiger partial charge in [-0.25, -0.2) is 9.59 Å². The van der Waals surface area contributed by atoms with Gasteiger partial charge in [0.2, 0.25) is 11.8 Å². The van der Waals surface area contributed by atoms with Crippen LogP contribution in [0.5, 0.6) is 0 Å². The highest BCUT2D eigenvalue weighted by molar-refractivity contribution is 5.93. The molecule has 234 valence electrons. The third-order valence-corrected chi connectivity index (χ3v) is 7.56. The van der Waals surface area contributed by atoms with E-state index < -0.39 is 58.4 Å². The van der Waals surface area contributed by atoms with Gasteiger partial charge in [-0.05, 0) is 39.2 Å². The second kappa shape index (κ2) is 14.0. The fourth-order valence-corrected chi connectivity index (χ4v) is 4.79. The van der Waals surface area contributed by atoms with Gasteiger partial charge in [-0.2, -0.15) is 0 Å². The second-order valence-electron chi connectivity index (χ2n) is 13.4. The Balaban J connectivity index is 3.67. The largest absolute Gasteiger partial charge is 0.478 e. The van der Waals surface area contributed by atoms with Crippen LogP contribution in [0.15, 0.2) is 54.6 Å². The molecule has 1 rings (SSSR count). The number of nitrogens with one attached hydrogen (secondary N) is 1. The van der Waals surface area contributed by atoms with E-state index in [9.17, 15) is 24.3 Å². The SMILES string of the molecule is C=CC(C)(C)[C@H](NC(=O)C(N(C)C(=O)OC(C)(C)C)C(C)(C)c1ccccc1)C(=O)N(C)[C@H](/C=C(\C)C(=O)O)C(C)C. The van der Waals surface area contributed by atoms with Crippen LogP contribution in [0.4, 0.5) is 4.79 Å². The van der Waals surface area contributed by atoms with Crippen LogP contribution in [-0.4, -0.2) is 76.6 Å². The average molecular weight is 586 g/mol. The molecule has 0 aliphatic carbocycles. The Morgan fingerprint density at radius 1 is 0.952 bits per heavy atom. The van der Waals surface area contributed by atoms with Crippen LogP contribution in [0.3, 0.4) is 0 Å². The van der Waals surface area contributed by atoms with Gasteiger partial charge in [-0.3, -0.25) is 14.5 Å². The number of rotatable bonds is 12. The highest BCUT2D eigenvalue weighted by atomic mass is 16.6. The van der Waals surface area contributed by atoms with Crippen LogP contribution in [0.1, 0.15) is 74.8 Å². The second-order valence-corrected chi connectivity index (χ2v) is 13.4. The van der Waals surface area contributed by atoms with Crippen molar-refractivity contribution in [1.29, 1.82) is 0 Å². The van der Waals surface area contributed by atoms with Crippen molar-refractivity contribution in [3.8, 4) is 0 Å². The minimum Gasteiger partial charge on any atom is -0.478 e. The molecule has 1 aromatic carbocycles. The van der Waals surface area contributed by atoms with Crippen LogP contribution >= 0.6 is 0 Å². The fourth-order valence-electron chi connectivity index (χ4n) is 4.79. The van der Waals surface area contributed by atoms with Gasteiger partial charge in [-0.15, -0.1) is 6.58 Å². The van der Waals surface area contributed by atoms with Crippen LogP contribution in [0, 0.1) is 11.3 Å². The van der Waals surface area contributed by atoms with E-state index in [-0.39, 0.29) is 11.5 Å². The van der Waals surface area contributed by atoms with Crippen molar-refractivity contribution in [3.63, 3.8) is 0 Å². The number of carboxylic acids is 1. The van der Waals surface area contributed by atoms with Crippen molar-refractivity contribution in [2.75, 3.05) is 14.1 Å². The summed E-state index contributed by atoms with van der Waals surface area (Å²) in [6.45, 7) is 21.7. The normalized spacial score (nSPS) is 14.8. The van der Waals surface area contributed by atoms with Crippen molar-refractivity contribution in [1.82, 2.24) is 15.1 Å². The molecule has 0 saturated carbocycles. The first-order valence-electron chi connectivity index (χ1n) is 14.2. The summed E-state index contributed by atoms with van der Waals surface area (Å²) in [5, 5.41) is 12.4. The first kappa shape index (κ1) is 36.4. The third kappa shape index (κ3) is 9.19. The van der Waals surface area contributed by atoms with E-state index in [4.69, 9.17) is 4.74 Å². The Bertz CT molecular complexity index is 1160. The summed E-state index contributed by atoms with van der Waals surface area (Å²) in [7, 11) is 3.11. The number of nitrogens with zero attached hydrogens (tertiary/aromatic N) is 2. The molecule has 3 amide bonds. The summed E-state index contributed by atoms with van der Waals surface area (Å²) in [6, 6.07) is 6.68. The van der Waals surface area contributed by atoms with Gasteiger partial charge < -0.3 is 20.1 Å². The van der Waals surface area contributed by atoms with E-state index >= 15 is 0 Å². The smallest absolute Gasteiger partial charge is 0.410 e. The van der Waals surface area contributed by atoms with E-state index in [0.29, 0.717) is 0 Å². The van der Waals surface area contributed by atoms with Crippen LogP contribution in [0.25, 0.3) is 0 Å². The third-order valence-electron chi connectivity index (χ3n) is 7.56. The minimum atomic E-state index is -1.08. The number of carboxylic acid groups (broad SMARTS) is 1. The molecule has 0 saturated heterocycles. The fraction of sp³-hybridized carbons (Fsp3) is 0.576. The first-order valence-corrected chi connectivity index (χ1v) is 14.2. The van der Waals surface area contributed by atoms with Gasteiger partial charge in [0.1, 0.15) is 17.7 Å². The minimum absolute atomic E-state index is 0.112. The van der Waals surface area contributed by atoms with E-state index in [1.807, 2.05) is 58.0 Å². The molecule has 0 aromatic heterocycles.